The smallest absolute Gasteiger partial charge is 0.231 e. The Kier molecular flexibility index (Phi) is 5.06. The topological polar surface area (TPSA) is 65.8 Å². The average molecular weight is 339 g/mol. The van der Waals surface area contributed by atoms with Gasteiger partial charge in [-0.2, -0.15) is 5.26 Å². The van der Waals surface area contributed by atoms with Crippen LogP contribution in [-0.4, -0.2) is 22.2 Å². The second-order valence-electron chi connectivity index (χ2n) is 6.39. The van der Waals surface area contributed by atoms with Crippen LogP contribution in [0.25, 0.3) is 10.9 Å². The Balaban J connectivity index is 1.65. The van der Waals surface area contributed by atoms with Crippen LogP contribution in [0.5, 0.6) is 0 Å². The first-order valence-corrected chi connectivity index (χ1v) is 9.32. The Bertz CT molecular complexity index is 791. The van der Waals surface area contributed by atoms with Crippen molar-refractivity contribution in [1.82, 2.24) is 10.3 Å². The van der Waals surface area contributed by atoms with Crippen LogP contribution in [0, 0.1) is 18.3 Å². The van der Waals surface area contributed by atoms with Gasteiger partial charge in [0.2, 0.25) is 5.91 Å². The van der Waals surface area contributed by atoms with Crippen molar-refractivity contribution in [3.8, 4) is 6.07 Å². The van der Waals surface area contributed by atoms with Crippen molar-refractivity contribution < 1.29 is 4.79 Å². The minimum Gasteiger partial charge on any atom is -0.337 e. The van der Waals surface area contributed by atoms with E-state index in [2.05, 4.69) is 29.4 Å². The highest BCUT2D eigenvalue weighted by Crippen LogP contribution is 2.28. The lowest BCUT2D eigenvalue weighted by molar-refractivity contribution is -0.120. The lowest BCUT2D eigenvalue weighted by Crippen LogP contribution is -2.49. The molecule has 2 aromatic rings. The summed E-state index contributed by atoms with van der Waals surface area (Å²) in [5, 5.41) is 14.4. The Morgan fingerprint density at radius 3 is 2.83 bits per heavy atom. The molecular weight excluding hydrogens is 318 g/mol. The Morgan fingerprint density at radius 2 is 2.08 bits per heavy atom. The zero-order valence-corrected chi connectivity index (χ0v) is 14.7. The molecule has 0 atom stereocenters. The zero-order valence-electron chi connectivity index (χ0n) is 13.8. The third-order valence-electron chi connectivity index (χ3n) is 4.55. The van der Waals surface area contributed by atoms with Crippen molar-refractivity contribution in [3.63, 3.8) is 0 Å². The Morgan fingerprint density at radius 1 is 1.33 bits per heavy atom. The van der Waals surface area contributed by atoms with E-state index in [1.165, 1.54) is 11.8 Å². The van der Waals surface area contributed by atoms with Gasteiger partial charge in [-0.1, -0.05) is 49.2 Å². The lowest BCUT2D eigenvalue weighted by atomic mass is 9.83. The van der Waals surface area contributed by atoms with Gasteiger partial charge in [0.15, 0.2) is 0 Å². The van der Waals surface area contributed by atoms with Gasteiger partial charge in [0, 0.05) is 5.39 Å². The molecule has 0 spiro atoms. The molecular formula is C19H21N3OS. The van der Waals surface area contributed by atoms with Crippen LogP contribution < -0.4 is 5.32 Å². The molecule has 1 N–H and O–H groups in total. The number of nitriles is 1. The quantitative estimate of drug-likeness (QED) is 0.856. The van der Waals surface area contributed by atoms with E-state index in [-0.39, 0.29) is 11.7 Å². The van der Waals surface area contributed by atoms with Gasteiger partial charge in [-0.15, -0.1) is 0 Å². The van der Waals surface area contributed by atoms with Gasteiger partial charge in [0.05, 0.1) is 22.4 Å². The molecule has 1 aromatic carbocycles. The molecule has 4 nitrogen and oxygen atoms in total. The van der Waals surface area contributed by atoms with Crippen molar-refractivity contribution in [3.05, 3.63) is 35.9 Å². The number of carbonyl (C=O) groups excluding carboxylic acids is 1. The largest absolute Gasteiger partial charge is 0.337 e. The van der Waals surface area contributed by atoms with Gasteiger partial charge >= 0.3 is 0 Å². The molecule has 124 valence electrons. The van der Waals surface area contributed by atoms with Crippen molar-refractivity contribution in [1.29, 1.82) is 5.26 Å². The fourth-order valence-electron chi connectivity index (χ4n) is 3.26. The number of para-hydroxylation sites is 1. The number of fused-ring (bicyclic) bond motifs is 1. The molecule has 1 aliphatic carbocycles. The second-order valence-corrected chi connectivity index (χ2v) is 7.38. The van der Waals surface area contributed by atoms with E-state index < -0.39 is 5.54 Å². The molecule has 5 heteroatoms. The number of hydrogen-bond donors (Lipinski definition) is 1. The zero-order chi connectivity index (χ0) is 17.0. The molecule has 0 saturated heterocycles. The van der Waals surface area contributed by atoms with Crippen LogP contribution in [0.1, 0.15) is 37.7 Å². The second kappa shape index (κ2) is 7.23. The minimum absolute atomic E-state index is 0.0870. The van der Waals surface area contributed by atoms with Crippen LogP contribution in [-0.2, 0) is 4.79 Å². The molecule has 3 rings (SSSR count). The molecule has 1 amide bonds. The van der Waals surface area contributed by atoms with Gasteiger partial charge in [-0.25, -0.2) is 4.98 Å². The number of nitrogens with one attached hydrogen (secondary N) is 1. The number of benzene rings is 1. The maximum atomic E-state index is 12.3. The van der Waals surface area contributed by atoms with Gasteiger partial charge in [0.25, 0.3) is 0 Å². The molecule has 0 aliphatic heterocycles. The Labute approximate surface area is 146 Å². The van der Waals surface area contributed by atoms with Crippen LogP contribution in [0.2, 0.25) is 0 Å². The monoisotopic (exact) mass is 339 g/mol. The summed E-state index contributed by atoms with van der Waals surface area (Å²) in [6, 6.07) is 12.3. The highest BCUT2D eigenvalue weighted by molar-refractivity contribution is 7.99. The summed E-state index contributed by atoms with van der Waals surface area (Å²) in [6.07, 6.45) is 4.67. The molecule has 0 radical (unpaired) electrons. The summed E-state index contributed by atoms with van der Waals surface area (Å²) >= 11 is 1.42. The molecule has 1 heterocycles. The van der Waals surface area contributed by atoms with E-state index in [0.29, 0.717) is 0 Å². The fourth-order valence-corrected chi connectivity index (χ4v) is 4.03. The number of thioether (sulfide) groups is 1. The summed E-state index contributed by atoms with van der Waals surface area (Å²) in [5.74, 6) is 0.199. The number of aryl methyl sites for hydroxylation is 1. The van der Waals surface area contributed by atoms with Crippen molar-refractivity contribution in [2.24, 2.45) is 0 Å². The van der Waals surface area contributed by atoms with E-state index in [4.69, 9.17) is 0 Å². The predicted molar refractivity (Wildman–Crippen MR) is 96.8 cm³/mol. The summed E-state index contributed by atoms with van der Waals surface area (Å²) in [7, 11) is 0. The van der Waals surface area contributed by atoms with Crippen LogP contribution in [0.3, 0.4) is 0 Å². The summed E-state index contributed by atoms with van der Waals surface area (Å²) < 4.78 is 0. The molecule has 0 unspecified atom stereocenters. The summed E-state index contributed by atoms with van der Waals surface area (Å²) in [4.78, 5) is 16.9. The molecule has 1 aromatic heterocycles. The average Bonchev–Trinajstić information content (AvgIpc) is 2.61. The first kappa shape index (κ1) is 16.8. The van der Waals surface area contributed by atoms with E-state index in [1.807, 2.05) is 24.3 Å². The summed E-state index contributed by atoms with van der Waals surface area (Å²) in [5.41, 5.74) is 1.44. The third-order valence-corrected chi connectivity index (χ3v) is 5.46. The SMILES string of the molecule is Cc1cc(SCC(=O)NC2(C#N)CCCCC2)nc2ccccc12. The first-order valence-electron chi connectivity index (χ1n) is 8.33. The van der Waals surface area contributed by atoms with Gasteiger partial charge in [-0.05, 0) is 37.5 Å². The molecule has 1 saturated carbocycles. The highest BCUT2D eigenvalue weighted by atomic mass is 32.2. The number of carbonyl (C=O) groups is 1. The standard InChI is InChI=1S/C19H21N3OS/c1-14-11-18(21-16-8-4-3-7-15(14)16)24-12-17(23)22-19(13-20)9-5-2-6-10-19/h3-4,7-8,11H,2,5-6,9-10,12H2,1H3,(H,22,23). The molecule has 1 fully saturated rings. The maximum absolute atomic E-state index is 12.3. The normalized spacial score (nSPS) is 16.5. The van der Waals surface area contributed by atoms with Gasteiger partial charge < -0.3 is 5.32 Å². The van der Waals surface area contributed by atoms with E-state index in [1.54, 1.807) is 0 Å². The minimum atomic E-state index is -0.664. The Hall–Kier alpha value is -2.06. The highest BCUT2D eigenvalue weighted by Gasteiger charge is 2.33. The van der Waals surface area contributed by atoms with E-state index in [0.717, 1.165) is 53.6 Å². The summed E-state index contributed by atoms with van der Waals surface area (Å²) in [6.45, 7) is 2.06. The van der Waals surface area contributed by atoms with Gasteiger partial charge in [0.1, 0.15) is 5.54 Å². The van der Waals surface area contributed by atoms with Crippen LogP contribution in [0.15, 0.2) is 35.4 Å². The van der Waals surface area contributed by atoms with E-state index in [9.17, 15) is 10.1 Å². The van der Waals surface area contributed by atoms with Crippen LogP contribution >= 0.6 is 11.8 Å². The van der Waals surface area contributed by atoms with Crippen LogP contribution in [0.4, 0.5) is 0 Å². The number of rotatable bonds is 4. The third kappa shape index (κ3) is 3.70. The first-order chi connectivity index (χ1) is 11.6. The fraction of sp³-hybridized carbons (Fsp3) is 0.421. The van der Waals surface area contributed by atoms with Crippen molar-refractivity contribution in [2.45, 2.75) is 49.6 Å². The number of aromatic nitrogens is 1. The van der Waals surface area contributed by atoms with Crippen molar-refractivity contribution >= 4 is 28.6 Å². The number of amides is 1. The maximum Gasteiger partial charge on any atom is 0.231 e. The lowest BCUT2D eigenvalue weighted by Gasteiger charge is -2.31. The number of nitrogens with zero attached hydrogens (tertiary/aromatic N) is 2. The molecule has 24 heavy (non-hydrogen) atoms. The predicted octanol–water partition coefficient (Wildman–Crippen LogP) is 3.98. The van der Waals surface area contributed by atoms with E-state index >= 15 is 0 Å². The van der Waals surface area contributed by atoms with Gasteiger partial charge in [-0.3, -0.25) is 4.79 Å². The van der Waals surface area contributed by atoms with Crippen molar-refractivity contribution in [2.75, 3.05) is 5.75 Å². The molecule has 1 aliphatic rings. The molecule has 0 bridgehead atoms. The number of pyridine rings is 1. The number of hydrogen-bond acceptors (Lipinski definition) is 4.